The summed E-state index contributed by atoms with van der Waals surface area (Å²) in [6.45, 7) is 0. The summed E-state index contributed by atoms with van der Waals surface area (Å²) >= 11 is 0. The summed E-state index contributed by atoms with van der Waals surface area (Å²) in [5.74, 6) is -0.876. The quantitative estimate of drug-likeness (QED) is 0.823. The van der Waals surface area contributed by atoms with E-state index in [1.165, 1.54) is 0 Å². The Bertz CT molecular complexity index is 531. The molecule has 0 saturated carbocycles. The number of carboxylic acids is 1. The van der Waals surface area contributed by atoms with Gasteiger partial charge in [0.25, 0.3) is 0 Å². The molecule has 4 nitrogen and oxygen atoms in total. The van der Waals surface area contributed by atoms with E-state index in [0.29, 0.717) is 0 Å². The molecule has 1 unspecified atom stereocenters. The predicted molar refractivity (Wildman–Crippen MR) is 62.1 cm³/mol. The van der Waals surface area contributed by atoms with Gasteiger partial charge in [-0.25, -0.2) is 0 Å². The van der Waals surface area contributed by atoms with Crippen LogP contribution in [0, 0.1) is 0 Å². The molecular formula is C12H14N2O2. The van der Waals surface area contributed by atoms with Crippen molar-refractivity contribution >= 4 is 16.9 Å². The Labute approximate surface area is 93.3 Å². The molecule has 16 heavy (non-hydrogen) atoms. The molecule has 0 spiro atoms. The second kappa shape index (κ2) is 3.98. The van der Waals surface area contributed by atoms with E-state index in [2.05, 4.69) is 0 Å². The third-order valence-corrected chi connectivity index (χ3v) is 2.72. The average Bonchev–Trinajstić information content (AvgIpc) is 2.59. The van der Waals surface area contributed by atoms with Gasteiger partial charge in [0.1, 0.15) is 0 Å². The molecule has 0 radical (unpaired) electrons. The van der Waals surface area contributed by atoms with Crippen molar-refractivity contribution in [1.82, 2.24) is 4.57 Å². The molecule has 1 aromatic heterocycles. The summed E-state index contributed by atoms with van der Waals surface area (Å²) in [6, 6.07) is 7.31. The van der Waals surface area contributed by atoms with E-state index < -0.39 is 12.0 Å². The third kappa shape index (κ3) is 1.79. The molecule has 84 valence electrons. The Kier molecular flexibility index (Phi) is 2.66. The summed E-state index contributed by atoms with van der Waals surface area (Å²) in [4.78, 5) is 10.7. The van der Waals surface area contributed by atoms with Gasteiger partial charge in [-0.2, -0.15) is 0 Å². The number of fused-ring (bicyclic) bond motifs is 1. The summed E-state index contributed by atoms with van der Waals surface area (Å²) in [7, 11) is 1.93. The van der Waals surface area contributed by atoms with E-state index in [1.807, 2.05) is 42.1 Å². The summed E-state index contributed by atoms with van der Waals surface area (Å²) < 4.78 is 1.96. The van der Waals surface area contributed by atoms with Gasteiger partial charge in [0, 0.05) is 19.3 Å². The molecule has 1 aromatic carbocycles. The molecule has 0 amide bonds. The van der Waals surface area contributed by atoms with Crippen molar-refractivity contribution in [3.05, 3.63) is 36.0 Å². The molecule has 2 rings (SSSR count). The second-order valence-corrected chi connectivity index (χ2v) is 3.92. The number of carboxylic acid groups (broad SMARTS) is 1. The minimum absolute atomic E-state index is 0.0513. The molecule has 0 saturated heterocycles. The third-order valence-electron chi connectivity index (χ3n) is 2.72. The molecule has 3 N–H and O–H groups in total. The number of rotatable bonds is 3. The topological polar surface area (TPSA) is 68.2 Å². The van der Waals surface area contributed by atoms with Crippen LogP contribution in [0.3, 0.4) is 0 Å². The van der Waals surface area contributed by atoms with Crippen LogP contribution in [0.15, 0.2) is 30.5 Å². The second-order valence-electron chi connectivity index (χ2n) is 3.92. The van der Waals surface area contributed by atoms with E-state index in [-0.39, 0.29) is 6.42 Å². The lowest BCUT2D eigenvalue weighted by atomic mass is 10.0. The maximum Gasteiger partial charge on any atom is 0.305 e. The zero-order valence-electron chi connectivity index (χ0n) is 9.05. The molecule has 1 heterocycles. The van der Waals surface area contributed by atoms with Gasteiger partial charge >= 0.3 is 5.97 Å². The Morgan fingerprint density at radius 3 is 2.94 bits per heavy atom. The molecule has 0 aliphatic heterocycles. The minimum Gasteiger partial charge on any atom is -0.481 e. The standard InChI is InChI=1S/C12H14N2O2/c1-14-6-5-8-3-2-4-9(12(8)14)10(13)7-11(15)16/h2-6,10H,7,13H2,1H3,(H,15,16). The number of nitrogens with two attached hydrogens (primary N) is 1. The van der Waals surface area contributed by atoms with Crippen molar-refractivity contribution in [2.24, 2.45) is 12.8 Å². The van der Waals surface area contributed by atoms with E-state index >= 15 is 0 Å². The van der Waals surface area contributed by atoms with E-state index in [1.54, 1.807) is 0 Å². The Hall–Kier alpha value is -1.81. The maximum atomic E-state index is 10.7. The van der Waals surface area contributed by atoms with Crippen LogP contribution in [0.25, 0.3) is 10.9 Å². The van der Waals surface area contributed by atoms with Crippen LogP contribution in [-0.2, 0) is 11.8 Å². The first-order valence-corrected chi connectivity index (χ1v) is 5.11. The van der Waals surface area contributed by atoms with Gasteiger partial charge in [0.05, 0.1) is 11.9 Å². The van der Waals surface area contributed by atoms with Crippen molar-refractivity contribution in [3.8, 4) is 0 Å². The smallest absolute Gasteiger partial charge is 0.305 e. The predicted octanol–water partition coefficient (Wildman–Crippen LogP) is 1.65. The fourth-order valence-electron chi connectivity index (χ4n) is 1.99. The van der Waals surface area contributed by atoms with Gasteiger partial charge in [-0.1, -0.05) is 18.2 Å². The van der Waals surface area contributed by atoms with Crippen LogP contribution in [0.2, 0.25) is 0 Å². The number of nitrogens with zero attached hydrogens (tertiary/aromatic N) is 1. The lowest BCUT2D eigenvalue weighted by Gasteiger charge is -2.12. The van der Waals surface area contributed by atoms with E-state index in [4.69, 9.17) is 10.8 Å². The van der Waals surface area contributed by atoms with Crippen molar-refractivity contribution in [2.75, 3.05) is 0 Å². The highest BCUT2D eigenvalue weighted by Gasteiger charge is 2.14. The monoisotopic (exact) mass is 218 g/mol. The van der Waals surface area contributed by atoms with Crippen molar-refractivity contribution in [2.45, 2.75) is 12.5 Å². The summed E-state index contributed by atoms with van der Waals surface area (Å²) in [6.07, 6.45) is 1.89. The number of aryl methyl sites for hydroxylation is 1. The highest BCUT2D eigenvalue weighted by molar-refractivity contribution is 5.84. The van der Waals surface area contributed by atoms with Crippen molar-refractivity contribution in [1.29, 1.82) is 0 Å². The van der Waals surface area contributed by atoms with Crippen molar-refractivity contribution < 1.29 is 9.90 Å². The van der Waals surface area contributed by atoms with Gasteiger partial charge in [0.2, 0.25) is 0 Å². The van der Waals surface area contributed by atoms with Gasteiger partial charge in [-0.3, -0.25) is 4.79 Å². The zero-order valence-corrected chi connectivity index (χ0v) is 9.05. The normalized spacial score (nSPS) is 12.9. The van der Waals surface area contributed by atoms with Gasteiger partial charge in [-0.15, -0.1) is 0 Å². The number of aliphatic carboxylic acids is 1. The molecule has 2 aromatic rings. The molecule has 0 fully saturated rings. The minimum atomic E-state index is -0.876. The number of para-hydroxylation sites is 1. The Morgan fingerprint density at radius 2 is 2.25 bits per heavy atom. The van der Waals surface area contributed by atoms with Gasteiger partial charge < -0.3 is 15.4 Å². The SMILES string of the molecule is Cn1ccc2cccc(C(N)CC(=O)O)c21. The Balaban J connectivity index is 2.50. The number of aromatic nitrogens is 1. The lowest BCUT2D eigenvalue weighted by molar-refractivity contribution is -0.137. The van der Waals surface area contributed by atoms with Crippen LogP contribution in [0.4, 0.5) is 0 Å². The highest BCUT2D eigenvalue weighted by Crippen LogP contribution is 2.25. The van der Waals surface area contributed by atoms with Crippen LogP contribution >= 0.6 is 0 Å². The van der Waals surface area contributed by atoms with Crippen molar-refractivity contribution in [3.63, 3.8) is 0 Å². The number of hydrogen-bond donors (Lipinski definition) is 2. The number of benzene rings is 1. The zero-order chi connectivity index (χ0) is 11.7. The van der Waals surface area contributed by atoms with Crippen LogP contribution < -0.4 is 5.73 Å². The number of hydrogen-bond acceptors (Lipinski definition) is 2. The fraction of sp³-hybridized carbons (Fsp3) is 0.250. The Morgan fingerprint density at radius 1 is 1.50 bits per heavy atom. The first-order valence-electron chi connectivity index (χ1n) is 5.11. The molecule has 1 atom stereocenters. The molecule has 0 aliphatic rings. The van der Waals surface area contributed by atoms with Gasteiger partial charge in [0.15, 0.2) is 0 Å². The van der Waals surface area contributed by atoms with E-state index in [0.717, 1.165) is 16.5 Å². The van der Waals surface area contributed by atoms with Crippen LogP contribution in [0.1, 0.15) is 18.0 Å². The number of carbonyl (C=O) groups is 1. The van der Waals surface area contributed by atoms with Crippen LogP contribution in [-0.4, -0.2) is 15.6 Å². The van der Waals surface area contributed by atoms with E-state index in [9.17, 15) is 4.79 Å². The maximum absolute atomic E-state index is 10.7. The van der Waals surface area contributed by atoms with Crippen LogP contribution in [0.5, 0.6) is 0 Å². The average molecular weight is 218 g/mol. The largest absolute Gasteiger partial charge is 0.481 e. The molecule has 0 aliphatic carbocycles. The molecule has 0 bridgehead atoms. The summed E-state index contributed by atoms with van der Waals surface area (Å²) in [5.41, 5.74) is 7.79. The fourth-order valence-corrected chi connectivity index (χ4v) is 1.99. The molecular weight excluding hydrogens is 204 g/mol. The first-order chi connectivity index (χ1) is 7.59. The van der Waals surface area contributed by atoms with Gasteiger partial charge in [-0.05, 0) is 17.0 Å². The first kappa shape index (κ1) is 10.7. The molecule has 4 heteroatoms. The highest BCUT2D eigenvalue weighted by atomic mass is 16.4. The lowest BCUT2D eigenvalue weighted by Crippen LogP contribution is -2.15. The summed E-state index contributed by atoms with van der Waals surface area (Å²) in [5, 5.41) is 9.83.